The normalized spacial score (nSPS) is 10.0. The summed E-state index contributed by atoms with van der Waals surface area (Å²) in [6.07, 6.45) is 0. The van der Waals surface area contributed by atoms with Gasteiger partial charge in [0.1, 0.15) is 18.4 Å². The smallest absolute Gasteiger partial charge is 0.159 e. The summed E-state index contributed by atoms with van der Waals surface area (Å²) in [4.78, 5) is 0. The SMILES string of the molecule is N#Cc1ccc(OCc2ccc(F)c(F)c2)cc1Cl. The van der Waals surface area contributed by atoms with Crippen molar-refractivity contribution < 1.29 is 13.5 Å². The molecule has 0 aliphatic rings. The van der Waals surface area contributed by atoms with E-state index in [0.29, 0.717) is 16.9 Å². The van der Waals surface area contributed by atoms with Gasteiger partial charge in [-0.1, -0.05) is 17.7 Å². The second-order valence-electron chi connectivity index (χ2n) is 3.79. The maximum Gasteiger partial charge on any atom is 0.159 e. The predicted octanol–water partition coefficient (Wildman–Crippen LogP) is 4.07. The van der Waals surface area contributed by atoms with E-state index in [4.69, 9.17) is 21.6 Å². The Morgan fingerprint density at radius 2 is 1.89 bits per heavy atom. The lowest BCUT2D eigenvalue weighted by molar-refractivity contribution is 0.305. The molecule has 0 saturated heterocycles. The Kier molecular flexibility index (Phi) is 3.98. The average Bonchev–Trinajstić information content (AvgIpc) is 2.40. The second-order valence-corrected chi connectivity index (χ2v) is 4.20. The fraction of sp³-hybridized carbons (Fsp3) is 0.0714. The first-order chi connectivity index (χ1) is 9.10. The highest BCUT2D eigenvalue weighted by Crippen LogP contribution is 2.22. The highest BCUT2D eigenvalue weighted by Gasteiger charge is 2.05. The summed E-state index contributed by atoms with van der Waals surface area (Å²) < 4.78 is 31.1. The first-order valence-corrected chi connectivity index (χ1v) is 5.74. The van der Waals surface area contributed by atoms with Crippen molar-refractivity contribution in [2.45, 2.75) is 6.61 Å². The summed E-state index contributed by atoms with van der Waals surface area (Å²) in [5, 5.41) is 9.00. The van der Waals surface area contributed by atoms with E-state index in [0.717, 1.165) is 12.1 Å². The van der Waals surface area contributed by atoms with Crippen LogP contribution in [0.5, 0.6) is 5.75 Å². The molecule has 0 atom stereocenters. The van der Waals surface area contributed by atoms with Crippen molar-refractivity contribution in [1.82, 2.24) is 0 Å². The van der Waals surface area contributed by atoms with Crippen molar-refractivity contribution in [1.29, 1.82) is 5.26 Å². The summed E-state index contributed by atoms with van der Waals surface area (Å²) >= 11 is 5.85. The van der Waals surface area contributed by atoms with Crippen molar-refractivity contribution in [2.75, 3.05) is 0 Å². The van der Waals surface area contributed by atoms with Gasteiger partial charge in [-0.05, 0) is 29.8 Å². The van der Waals surface area contributed by atoms with Crippen LogP contribution in [0.2, 0.25) is 5.02 Å². The lowest BCUT2D eigenvalue weighted by Crippen LogP contribution is -1.97. The Morgan fingerprint density at radius 3 is 2.53 bits per heavy atom. The molecule has 0 radical (unpaired) electrons. The highest BCUT2D eigenvalue weighted by atomic mass is 35.5. The van der Waals surface area contributed by atoms with Crippen molar-refractivity contribution in [3.8, 4) is 11.8 Å². The zero-order chi connectivity index (χ0) is 13.8. The number of hydrogen-bond acceptors (Lipinski definition) is 2. The molecule has 0 spiro atoms. The van der Waals surface area contributed by atoms with Gasteiger partial charge >= 0.3 is 0 Å². The summed E-state index contributed by atoms with van der Waals surface area (Å²) in [5.74, 6) is -1.36. The molecular weight excluding hydrogens is 272 g/mol. The molecule has 0 heterocycles. The Bertz CT molecular complexity index is 652. The summed E-state index contributed by atoms with van der Waals surface area (Å²) in [6.45, 7) is 0.0828. The van der Waals surface area contributed by atoms with Crippen molar-refractivity contribution in [3.63, 3.8) is 0 Å². The van der Waals surface area contributed by atoms with Gasteiger partial charge in [-0.3, -0.25) is 0 Å². The minimum Gasteiger partial charge on any atom is -0.489 e. The molecule has 2 rings (SSSR count). The van der Waals surface area contributed by atoms with E-state index in [1.807, 2.05) is 6.07 Å². The van der Waals surface area contributed by atoms with Crippen molar-refractivity contribution in [2.24, 2.45) is 0 Å². The van der Waals surface area contributed by atoms with Crippen LogP contribution in [0.4, 0.5) is 8.78 Å². The van der Waals surface area contributed by atoms with E-state index in [1.165, 1.54) is 18.2 Å². The number of nitriles is 1. The molecule has 5 heteroatoms. The number of hydrogen-bond donors (Lipinski definition) is 0. The number of ether oxygens (including phenoxy) is 1. The number of rotatable bonds is 3. The maximum atomic E-state index is 13.0. The van der Waals surface area contributed by atoms with Gasteiger partial charge < -0.3 is 4.74 Å². The van der Waals surface area contributed by atoms with E-state index in [1.54, 1.807) is 6.07 Å². The molecule has 2 aromatic rings. The first kappa shape index (κ1) is 13.3. The fourth-order valence-electron chi connectivity index (χ4n) is 1.47. The molecule has 0 unspecified atom stereocenters. The van der Waals surface area contributed by atoms with Gasteiger partial charge in [-0.2, -0.15) is 5.26 Å². The standard InChI is InChI=1S/C14H8ClF2NO/c15-12-6-11(3-2-10(12)7-18)19-8-9-1-4-13(16)14(17)5-9/h1-6H,8H2. The molecule has 0 amide bonds. The van der Waals surface area contributed by atoms with Crippen LogP contribution in [0.15, 0.2) is 36.4 Å². The van der Waals surface area contributed by atoms with Gasteiger partial charge in [0.2, 0.25) is 0 Å². The van der Waals surface area contributed by atoms with Gasteiger partial charge in [0.25, 0.3) is 0 Å². The Labute approximate surface area is 113 Å². The van der Waals surface area contributed by atoms with Gasteiger partial charge in [-0.25, -0.2) is 8.78 Å². The molecule has 0 bridgehead atoms. The van der Waals surface area contributed by atoms with Crippen molar-refractivity contribution >= 4 is 11.6 Å². The third kappa shape index (κ3) is 3.21. The maximum absolute atomic E-state index is 13.0. The minimum atomic E-state index is -0.918. The van der Waals surface area contributed by atoms with Crippen LogP contribution in [-0.4, -0.2) is 0 Å². The van der Waals surface area contributed by atoms with E-state index in [2.05, 4.69) is 0 Å². The van der Waals surface area contributed by atoms with Gasteiger partial charge in [0, 0.05) is 6.07 Å². The molecule has 0 N–H and O–H groups in total. The summed E-state index contributed by atoms with van der Waals surface area (Å²) in [7, 11) is 0. The van der Waals surface area contributed by atoms with Crippen LogP contribution >= 0.6 is 11.6 Å². The second kappa shape index (κ2) is 5.68. The minimum absolute atomic E-state index is 0.0828. The van der Waals surface area contributed by atoms with Crippen LogP contribution in [0.1, 0.15) is 11.1 Å². The van der Waals surface area contributed by atoms with Crippen LogP contribution in [0.25, 0.3) is 0 Å². The largest absolute Gasteiger partial charge is 0.489 e. The van der Waals surface area contributed by atoms with Crippen LogP contribution in [-0.2, 0) is 6.61 Å². The molecular formula is C14H8ClF2NO. The number of nitrogens with zero attached hydrogens (tertiary/aromatic N) is 1. The van der Waals surface area contributed by atoms with Gasteiger partial charge in [0.05, 0.1) is 10.6 Å². The number of benzene rings is 2. The average molecular weight is 280 g/mol. The number of halogens is 3. The molecule has 19 heavy (non-hydrogen) atoms. The molecule has 2 aromatic carbocycles. The van der Waals surface area contributed by atoms with E-state index >= 15 is 0 Å². The quantitative estimate of drug-likeness (QED) is 0.848. The molecule has 0 aliphatic carbocycles. The monoisotopic (exact) mass is 279 g/mol. The molecule has 0 aliphatic heterocycles. The van der Waals surface area contributed by atoms with Gasteiger partial charge in [0.15, 0.2) is 11.6 Å². The zero-order valence-electron chi connectivity index (χ0n) is 9.66. The lowest BCUT2D eigenvalue weighted by atomic mass is 10.2. The highest BCUT2D eigenvalue weighted by molar-refractivity contribution is 6.31. The van der Waals surface area contributed by atoms with Gasteiger partial charge in [-0.15, -0.1) is 0 Å². The lowest BCUT2D eigenvalue weighted by Gasteiger charge is -2.07. The zero-order valence-corrected chi connectivity index (χ0v) is 10.4. The van der Waals surface area contributed by atoms with Crippen LogP contribution in [0, 0.1) is 23.0 Å². The molecule has 0 saturated carbocycles. The summed E-state index contributed by atoms with van der Waals surface area (Å²) in [6, 6.07) is 10.1. The van der Waals surface area contributed by atoms with E-state index in [-0.39, 0.29) is 11.6 Å². The topological polar surface area (TPSA) is 33.0 Å². The van der Waals surface area contributed by atoms with E-state index < -0.39 is 11.6 Å². The summed E-state index contributed by atoms with van der Waals surface area (Å²) in [5.41, 5.74) is 0.848. The third-order valence-corrected chi connectivity index (χ3v) is 2.76. The Hall–Kier alpha value is -2.12. The molecule has 2 nitrogen and oxygen atoms in total. The van der Waals surface area contributed by atoms with Crippen molar-refractivity contribution in [3.05, 3.63) is 64.2 Å². The molecule has 0 aromatic heterocycles. The first-order valence-electron chi connectivity index (χ1n) is 5.36. The van der Waals surface area contributed by atoms with Crippen LogP contribution in [0.3, 0.4) is 0 Å². The molecule has 0 fully saturated rings. The van der Waals surface area contributed by atoms with Crippen LogP contribution < -0.4 is 4.74 Å². The third-order valence-electron chi connectivity index (χ3n) is 2.45. The Balaban J connectivity index is 2.08. The Morgan fingerprint density at radius 1 is 1.11 bits per heavy atom. The fourth-order valence-corrected chi connectivity index (χ4v) is 1.69. The predicted molar refractivity (Wildman–Crippen MR) is 66.9 cm³/mol. The van der Waals surface area contributed by atoms with E-state index in [9.17, 15) is 8.78 Å². The molecule has 96 valence electrons.